The molecule has 1 aliphatic heterocycles. The number of pyridine rings is 1. The molecule has 0 bridgehead atoms. The van der Waals surface area contributed by atoms with Crippen LogP contribution in [0.5, 0.6) is 0 Å². The van der Waals surface area contributed by atoms with Crippen molar-refractivity contribution < 1.29 is 9.90 Å². The number of aliphatic hydroxyl groups is 1. The van der Waals surface area contributed by atoms with Gasteiger partial charge in [0.2, 0.25) is 0 Å². The van der Waals surface area contributed by atoms with Gasteiger partial charge in [-0.1, -0.05) is 24.3 Å². The molecule has 24 heavy (non-hydrogen) atoms. The molecule has 1 saturated heterocycles. The fourth-order valence-electron chi connectivity index (χ4n) is 4.04. The predicted octanol–water partition coefficient (Wildman–Crippen LogP) is 1.91. The largest absolute Gasteiger partial charge is 0.391 e. The summed E-state index contributed by atoms with van der Waals surface area (Å²) in [4.78, 5) is 21.5. The number of aliphatic hydroxyl groups excluding tert-OH is 1. The molecule has 1 aromatic heterocycles. The smallest absolute Gasteiger partial charge is 0.273 e. The van der Waals surface area contributed by atoms with Gasteiger partial charge in [-0.25, -0.2) is 0 Å². The Morgan fingerprint density at radius 3 is 2.62 bits per heavy atom. The van der Waals surface area contributed by atoms with Crippen LogP contribution in [0.3, 0.4) is 0 Å². The molecule has 1 amide bonds. The van der Waals surface area contributed by atoms with Gasteiger partial charge in [0.15, 0.2) is 0 Å². The number of nitrogens with zero attached hydrogens (tertiary/aromatic N) is 3. The Morgan fingerprint density at radius 1 is 1.08 bits per heavy atom. The Kier molecular flexibility index (Phi) is 4.21. The van der Waals surface area contributed by atoms with E-state index in [9.17, 15) is 9.90 Å². The summed E-state index contributed by atoms with van der Waals surface area (Å²) in [6.07, 6.45) is 4.59. The second-order valence-electron chi connectivity index (χ2n) is 6.77. The van der Waals surface area contributed by atoms with Crippen LogP contribution in [0.15, 0.2) is 36.5 Å². The molecule has 2 atom stereocenters. The number of benzene rings is 1. The van der Waals surface area contributed by atoms with Crippen molar-refractivity contribution in [1.29, 1.82) is 0 Å². The highest BCUT2D eigenvalue weighted by atomic mass is 16.3. The molecule has 4 rings (SSSR count). The Labute approximate surface area is 141 Å². The highest BCUT2D eigenvalue weighted by Crippen LogP contribution is 2.25. The third kappa shape index (κ3) is 2.78. The van der Waals surface area contributed by atoms with Crippen molar-refractivity contribution in [3.05, 3.63) is 42.2 Å². The number of hydrogen-bond donors (Lipinski definition) is 1. The lowest BCUT2D eigenvalue weighted by atomic mass is 10.1. The molecule has 2 heterocycles. The molecular formula is C19H23N3O2. The first kappa shape index (κ1) is 15.5. The van der Waals surface area contributed by atoms with Crippen LogP contribution < -0.4 is 0 Å². The number of hydrogen-bond acceptors (Lipinski definition) is 4. The van der Waals surface area contributed by atoms with Crippen LogP contribution in [-0.2, 0) is 0 Å². The molecule has 2 fully saturated rings. The van der Waals surface area contributed by atoms with Crippen LogP contribution in [0, 0.1) is 0 Å². The number of amides is 1. The maximum atomic E-state index is 12.9. The van der Waals surface area contributed by atoms with Crippen molar-refractivity contribution in [2.75, 3.05) is 26.2 Å². The molecule has 1 saturated carbocycles. The average molecular weight is 325 g/mol. The van der Waals surface area contributed by atoms with E-state index in [0.717, 1.165) is 43.1 Å². The van der Waals surface area contributed by atoms with Gasteiger partial charge >= 0.3 is 0 Å². The summed E-state index contributed by atoms with van der Waals surface area (Å²) >= 11 is 0. The normalized spacial score (nSPS) is 25.3. The molecule has 2 aromatic rings. The summed E-state index contributed by atoms with van der Waals surface area (Å²) in [5.41, 5.74) is 0.544. The number of piperazine rings is 1. The van der Waals surface area contributed by atoms with Gasteiger partial charge in [0.05, 0.1) is 6.10 Å². The summed E-state index contributed by atoms with van der Waals surface area (Å²) in [7, 11) is 0. The Bertz CT molecular complexity index is 735. The molecule has 0 spiro atoms. The lowest BCUT2D eigenvalue weighted by molar-refractivity contribution is 0.0314. The SMILES string of the molecule is O=C(c1nccc2ccccc12)N1CCN([C@@H]2CCC[C@@H]2O)CC1. The van der Waals surface area contributed by atoms with Crippen molar-refractivity contribution in [3.8, 4) is 0 Å². The average Bonchev–Trinajstić information content (AvgIpc) is 3.07. The topological polar surface area (TPSA) is 56.7 Å². The van der Waals surface area contributed by atoms with E-state index in [0.29, 0.717) is 18.8 Å². The Morgan fingerprint density at radius 2 is 1.88 bits per heavy atom. The summed E-state index contributed by atoms with van der Waals surface area (Å²) in [5.74, 6) is 0.0124. The van der Waals surface area contributed by atoms with Gasteiger partial charge in [0.25, 0.3) is 5.91 Å². The summed E-state index contributed by atoms with van der Waals surface area (Å²) in [5, 5.41) is 12.0. The minimum Gasteiger partial charge on any atom is -0.391 e. The van der Waals surface area contributed by atoms with Crippen molar-refractivity contribution in [2.45, 2.75) is 31.4 Å². The van der Waals surface area contributed by atoms with E-state index in [2.05, 4.69) is 9.88 Å². The summed E-state index contributed by atoms with van der Waals surface area (Å²) in [6.45, 7) is 3.07. The summed E-state index contributed by atoms with van der Waals surface area (Å²) < 4.78 is 0. The molecule has 0 unspecified atom stereocenters. The second kappa shape index (κ2) is 6.49. The van der Waals surface area contributed by atoms with E-state index in [1.165, 1.54) is 0 Å². The van der Waals surface area contributed by atoms with Crippen LogP contribution in [0.1, 0.15) is 29.8 Å². The summed E-state index contributed by atoms with van der Waals surface area (Å²) in [6, 6.07) is 10.1. The van der Waals surface area contributed by atoms with E-state index in [1.807, 2.05) is 35.2 Å². The zero-order chi connectivity index (χ0) is 16.5. The van der Waals surface area contributed by atoms with Gasteiger partial charge < -0.3 is 10.0 Å². The Balaban J connectivity index is 1.48. The van der Waals surface area contributed by atoms with E-state index in [4.69, 9.17) is 0 Å². The Hall–Kier alpha value is -1.98. The van der Waals surface area contributed by atoms with Crippen LogP contribution in [0.2, 0.25) is 0 Å². The van der Waals surface area contributed by atoms with Crippen molar-refractivity contribution in [1.82, 2.24) is 14.8 Å². The molecule has 5 heteroatoms. The van der Waals surface area contributed by atoms with Gasteiger partial charge in [-0.2, -0.15) is 0 Å². The molecule has 2 aliphatic rings. The maximum Gasteiger partial charge on any atom is 0.273 e. The first-order valence-corrected chi connectivity index (χ1v) is 8.79. The van der Waals surface area contributed by atoms with Crippen molar-refractivity contribution >= 4 is 16.7 Å². The first-order chi connectivity index (χ1) is 11.7. The number of aromatic nitrogens is 1. The third-order valence-electron chi connectivity index (χ3n) is 5.39. The quantitative estimate of drug-likeness (QED) is 0.916. The van der Waals surface area contributed by atoms with Crippen molar-refractivity contribution in [2.24, 2.45) is 0 Å². The minimum absolute atomic E-state index is 0.0124. The fourth-order valence-corrected chi connectivity index (χ4v) is 4.04. The molecule has 5 nitrogen and oxygen atoms in total. The standard InChI is InChI=1S/C19H23N3O2/c23-17-7-3-6-16(17)21-10-12-22(13-11-21)19(24)18-15-5-2-1-4-14(15)8-9-20-18/h1-2,4-5,8-9,16-17,23H,3,6-7,10-13H2/t16-,17+/m1/s1. The first-order valence-electron chi connectivity index (χ1n) is 8.79. The number of rotatable bonds is 2. The lowest BCUT2D eigenvalue weighted by Crippen LogP contribution is -2.53. The lowest BCUT2D eigenvalue weighted by Gasteiger charge is -2.39. The fraction of sp³-hybridized carbons (Fsp3) is 0.474. The highest BCUT2D eigenvalue weighted by molar-refractivity contribution is 6.05. The molecule has 1 aliphatic carbocycles. The van der Waals surface area contributed by atoms with E-state index in [-0.39, 0.29) is 18.1 Å². The number of carbonyl (C=O) groups is 1. The van der Waals surface area contributed by atoms with Gasteiger partial charge in [-0.05, 0) is 30.7 Å². The zero-order valence-corrected chi connectivity index (χ0v) is 13.8. The molecule has 126 valence electrons. The van der Waals surface area contributed by atoms with Crippen molar-refractivity contribution in [3.63, 3.8) is 0 Å². The van der Waals surface area contributed by atoms with E-state index >= 15 is 0 Å². The van der Waals surface area contributed by atoms with Gasteiger partial charge in [0, 0.05) is 43.8 Å². The van der Waals surface area contributed by atoms with Crippen LogP contribution in [0.25, 0.3) is 10.8 Å². The van der Waals surface area contributed by atoms with Crippen LogP contribution in [-0.4, -0.2) is 64.1 Å². The molecular weight excluding hydrogens is 302 g/mol. The van der Waals surface area contributed by atoms with Crippen LogP contribution in [0.4, 0.5) is 0 Å². The minimum atomic E-state index is -0.202. The van der Waals surface area contributed by atoms with Crippen LogP contribution >= 0.6 is 0 Å². The van der Waals surface area contributed by atoms with Gasteiger partial charge in [-0.3, -0.25) is 14.7 Å². The zero-order valence-electron chi connectivity index (χ0n) is 13.8. The predicted molar refractivity (Wildman–Crippen MR) is 92.9 cm³/mol. The second-order valence-corrected chi connectivity index (χ2v) is 6.77. The molecule has 0 radical (unpaired) electrons. The van der Waals surface area contributed by atoms with Gasteiger partial charge in [-0.15, -0.1) is 0 Å². The van der Waals surface area contributed by atoms with Gasteiger partial charge in [0.1, 0.15) is 5.69 Å². The number of carbonyl (C=O) groups excluding carboxylic acids is 1. The molecule has 1 aromatic carbocycles. The van der Waals surface area contributed by atoms with E-state index < -0.39 is 0 Å². The maximum absolute atomic E-state index is 12.9. The molecule has 1 N–H and O–H groups in total. The highest BCUT2D eigenvalue weighted by Gasteiger charge is 2.33. The number of fused-ring (bicyclic) bond motifs is 1. The van der Waals surface area contributed by atoms with E-state index in [1.54, 1.807) is 6.20 Å². The monoisotopic (exact) mass is 325 g/mol. The third-order valence-corrected chi connectivity index (χ3v) is 5.39.